The predicted molar refractivity (Wildman–Crippen MR) is 181 cm³/mol. The molecule has 0 radical (unpaired) electrons. The molecule has 0 rings (SSSR count). The number of carbonyl (C=O) groups excluding carboxylic acids is 1. The van der Waals surface area contributed by atoms with Crippen molar-refractivity contribution < 1.29 is 9.53 Å². The Labute approximate surface area is 254 Å². The Kier molecular flexibility index (Phi) is 23.5. The number of rotatable bonds is 24. The molecule has 0 aromatic rings. The van der Waals surface area contributed by atoms with Crippen molar-refractivity contribution in [3.63, 3.8) is 0 Å². The van der Waals surface area contributed by atoms with E-state index in [9.17, 15) is 4.79 Å². The standard InChI is InChI=1S/C10H17NO2.6C4H9.2Sn/c1-6-7-13-10(12)11(8(2)3)9(4)5;6*1-3-4-2;;/h1,6-9H,2-5H3;6*1,3-4H2,2H3;;/b7-6+;;;;;;;;. The van der Waals surface area contributed by atoms with E-state index in [1.54, 1.807) is 26.6 Å². The summed E-state index contributed by atoms with van der Waals surface area (Å²) in [7, 11) is 0. The van der Waals surface area contributed by atoms with E-state index >= 15 is 0 Å². The van der Waals surface area contributed by atoms with Crippen LogP contribution in [-0.2, 0) is 4.74 Å². The molecule has 0 saturated heterocycles. The van der Waals surface area contributed by atoms with Gasteiger partial charge < -0.3 is 0 Å². The topological polar surface area (TPSA) is 29.5 Å². The molecule has 0 aromatic carbocycles. The van der Waals surface area contributed by atoms with E-state index in [2.05, 4.69) is 75.3 Å². The number of hydrogen-bond acceptors (Lipinski definition) is 2. The third-order valence-corrected chi connectivity index (χ3v) is 64.4. The van der Waals surface area contributed by atoms with Crippen molar-refractivity contribution in [1.29, 1.82) is 0 Å². The molecule has 0 aliphatic rings. The molecule has 0 N–H and O–H groups in total. The third kappa shape index (κ3) is 14.1. The van der Waals surface area contributed by atoms with E-state index in [1.807, 2.05) is 11.2 Å². The number of ether oxygens (including phenoxy) is 1. The molecule has 0 saturated carbocycles. The van der Waals surface area contributed by atoms with Gasteiger partial charge in [-0.05, 0) is 0 Å². The first-order chi connectivity index (χ1) is 18.6. The van der Waals surface area contributed by atoms with Crippen LogP contribution in [0.5, 0.6) is 0 Å². The molecule has 0 bridgehead atoms. The summed E-state index contributed by atoms with van der Waals surface area (Å²) in [6.45, 7) is 22.8. The van der Waals surface area contributed by atoms with E-state index in [4.69, 9.17) is 4.74 Å². The van der Waals surface area contributed by atoms with E-state index < -0.39 is 36.8 Å². The fraction of sp³-hybridized carbons (Fsp3) is 0.912. The Balaban J connectivity index is 6.96. The molecular formula is C34H71NO2Sn2. The van der Waals surface area contributed by atoms with Crippen LogP contribution in [0.2, 0.25) is 28.6 Å². The van der Waals surface area contributed by atoms with Gasteiger partial charge in [0, 0.05) is 0 Å². The Morgan fingerprint density at radius 3 is 1.10 bits per heavy atom. The predicted octanol–water partition coefficient (Wildman–Crippen LogP) is 12.4. The molecule has 39 heavy (non-hydrogen) atoms. The van der Waals surface area contributed by atoms with Gasteiger partial charge in [0.15, 0.2) is 0 Å². The molecule has 0 fully saturated rings. The van der Waals surface area contributed by atoms with Crippen LogP contribution >= 0.6 is 0 Å². The maximum absolute atomic E-state index is 13.2. The minimum absolute atomic E-state index is 0.149. The van der Waals surface area contributed by atoms with Crippen LogP contribution in [0.3, 0.4) is 0 Å². The summed E-state index contributed by atoms with van der Waals surface area (Å²) in [6, 6.07) is 0.297. The van der Waals surface area contributed by atoms with E-state index in [0.717, 1.165) is 1.95 Å². The van der Waals surface area contributed by atoms with Gasteiger partial charge in [0.1, 0.15) is 0 Å². The van der Waals surface area contributed by atoms with Crippen molar-refractivity contribution in [3.05, 3.63) is 12.3 Å². The zero-order chi connectivity index (χ0) is 29.7. The normalized spacial score (nSPS) is 12.8. The number of carbonyl (C=O) groups is 1. The zero-order valence-electron chi connectivity index (χ0n) is 28.4. The SMILES string of the molecule is CCC[CH2][Sn]([CH2]CCC)([CH2]CCC)[CH](/C=C/OC(=O)N(C(C)C)C(C)C)[Sn]([CH2]CCC)([CH2]CCC)[CH2]CCC. The summed E-state index contributed by atoms with van der Waals surface area (Å²) in [6.07, 6.45) is 20.8. The van der Waals surface area contributed by atoms with Crippen molar-refractivity contribution in [2.45, 2.75) is 187 Å². The Morgan fingerprint density at radius 1 is 0.590 bits per heavy atom. The molecule has 0 unspecified atom stereocenters. The van der Waals surface area contributed by atoms with Gasteiger partial charge in [-0.3, -0.25) is 0 Å². The summed E-state index contributed by atoms with van der Waals surface area (Å²) in [5.41, 5.74) is 0. The van der Waals surface area contributed by atoms with Gasteiger partial charge in [-0.15, -0.1) is 0 Å². The van der Waals surface area contributed by atoms with Gasteiger partial charge in [-0.2, -0.15) is 0 Å². The quantitative estimate of drug-likeness (QED) is 0.0724. The minimum atomic E-state index is -2.63. The molecule has 0 heterocycles. The molecule has 5 heteroatoms. The van der Waals surface area contributed by atoms with E-state index in [1.165, 1.54) is 77.0 Å². The van der Waals surface area contributed by atoms with Crippen molar-refractivity contribution in [3.8, 4) is 0 Å². The summed E-state index contributed by atoms with van der Waals surface area (Å²) in [5.74, 6) is 0. The molecule has 3 nitrogen and oxygen atoms in total. The van der Waals surface area contributed by atoms with Crippen LogP contribution in [0.15, 0.2) is 12.3 Å². The van der Waals surface area contributed by atoms with Crippen molar-refractivity contribution in [1.82, 2.24) is 4.90 Å². The molecule has 0 aromatic heterocycles. The first kappa shape index (κ1) is 39.6. The molecule has 1 amide bonds. The second-order valence-corrected chi connectivity index (χ2v) is 45.5. The van der Waals surface area contributed by atoms with Crippen molar-refractivity contribution in [2.75, 3.05) is 0 Å². The second kappa shape index (κ2) is 23.1. The summed E-state index contributed by atoms with van der Waals surface area (Å²) in [5, 5.41) is 0. The van der Waals surface area contributed by atoms with Crippen LogP contribution < -0.4 is 0 Å². The van der Waals surface area contributed by atoms with Gasteiger partial charge in [0.25, 0.3) is 0 Å². The van der Waals surface area contributed by atoms with Gasteiger partial charge >= 0.3 is 257 Å². The molecule has 232 valence electrons. The first-order valence-corrected chi connectivity index (χ1v) is 32.7. The van der Waals surface area contributed by atoms with Gasteiger partial charge in [-0.1, -0.05) is 0 Å². The van der Waals surface area contributed by atoms with Crippen LogP contribution in [-0.4, -0.2) is 59.8 Å². The number of hydrogen-bond donors (Lipinski definition) is 0. The Bertz CT molecular complexity index is 551. The fourth-order valence-electron chi connectivity index (χ4n) is 7.17. The third-order valence-electron chi connectivity index (χ3n) is 9.25. The van der Waals surface area contributed by atoms with Crippen molar-refractivity contribution >= 4 is 42.8 Å². The second-order valence-electron chi connectivity index (χ2n) is 13.1. The van der Waals surface area contributed by atoms with Crippen molar-refractivity contribution in [2.24, 2.45) is 0 Å². The molecular weight excluding hydrogens is 692 g/mol. The number of unbranched alkanes of at least 4 members (excludes halogenated alkanes) is 6. The fourth-order valence-corrected chi connectivity index (χ4v) is 82.8. The van der Waals surface area contributed by atoms with E-state index in [-0.39, 0.29) is 18.2 Å². The van der Waals surface area contributed by atoms with Gasteiger partial charge in [0.2, 0.25) is 0 Å². The average molecular weight is 763 g/mol. The van der Waals surface area contributed by atoms with Crippen LogP contribution in [0.4, 0.5) is 4.79 Å². The van der Waals surface area contributed by atoms with Gasteiger partial charge in [-0.25, -0.2) is 0 Å². The number of allylic oxidation sites excluding steroid dienone is 1. The number of nitrogens with zero attached hydrogens (tertiary/aromatic N) is 1. The Hall–Kier alpha value is 0.607. The summed E-state index contributed by atoms with van der Waals surface area (Å²) in [4.78, 5) is 15.1. The molecule has 0 aliphatic heterocycles. The van der Waals surface area contributed by atoms with E-state index in [0.29, 0.717) is 0 Å². The Morgan fingerprint density at radius 2 is 0.872 bits per heavy atom. The van der Waals surface area contributed by atoms with Crippen LogP contribution in [0, 0.1) is 0 Å². The molecule has 0 atom stereocenters. The average Bonchev–Trinajstić information content (AvgIpc) is 2.91. The maximum atomic E-state index is 13.2. The zero-order valence-corrected chi connectivity index (χ0v) is 34.1. The summed E-state index contributed by atoms with van der Waals surface area (Å²) >= 11 is -5.26. The molecule has 0 aliphatic carbocycles. The van der Waals surface area contributed by atoms with Gasteiger partial charge in [0.05, 0.1) is 0 Å². The van der Waals surface area contributed by atoms with Crippen LogP contribution in [0.1, 0.15) is 146 Å². The molecule has 0 spiro atoms. The summed E-state index contributed by atoms with van der Waals surface area (Å²) < 4.78 is 16.3. The van der Waals surface area contributed by atoms with Crippen LogP contribution in [0.25, 0.3) is 0 Å². The number of amides is 1. The monoisotopic (exact) mass is 765 g/mol. The first-order valence-electron chi connectivity index (χ1n) is 17.3.